The van der Waals surface area contributed by atoms with E-state index in [1.165, 1.54) is 24.0 Å². The summed E-state index contributed by atoms with van der Waals surface area (Å²) in [7, 11) is 0. The molecular weight excluding hydrogens is 424 g/mol. The normalized spacial score (nSPS) is 25.7. The Balaban J connectivity index is 1.45. The summed E-state index contributed by atoms with van der Waals surface area (Å²) in [5.41, 5.74) is 4.60. The van der Waals surface area contributed by atoms with E-state index in [1.54, 1.807) is 0 Å². The number of rotatable bonds is 2. The molecule has 150 valence electrons. The lowest BCUT2D eigenvalue weighted by atomic mass is 9.76. The third kappa shape index (κ3) is 3.63. The molecule has 0 unspecified atom stereocenters. The number of nitrogens with one attached hydrogen (secondary N) is 1. The highest BCUT2D eigenvalue weighted by Gasteiger charge is 2.38. The van der Waals surface area contributed by atoms with Crippen molar-refractivity contribution in [3.8, 4) is 0 Å². The third-order valence-corrected chi connectivity index (χ3v) is 7.26. The van der Waals surface area contributed by atoms with Crippen LogP contribution in [0.3, 0.4) is 0 Å². The number of benzene rings is 2. The fourth-order valence-electron chi connectivity index (χ4n) is 5.18. The van der Waals surface area contributed by atoms with E-state index in [-0.39, 0.29) is 5.91 Å². The Morgan fingerprint density at radius 1 is 1.00 bits per heavy atom. The summed E-state index contributed by atoms with van der Waals surface area (Å²) >= 11 is 3.54. The fourth-order valence-corrected chi connectivity index (χ4v) is 5.45. The van der Waals surface area contributed by atoms with Crippen molar-refractivity contribution < 1.29 is 4.79 Å². The first-order valence-electron chi connectivity index (χ1n) is 10.8. The molecule has 29 heavy (non-hydrogen) atoms. The molecule has 0 aromatic heterocycles. The topological polar surface area (TPSA) is 32.3 Å². The van der Waals surface area contributed by atoms with Gasteiger partial charge in [-0.25, -0.2) is 0 Å². The number of halogens is 1. The first-order valence-corrected chi connectivity index (χ1v) is 11.6. The van der Waals surface area contributed by atoms with Crippen LogP contribution in [0.5, 0.6) is 0 Å². The molecule has 0 bridgehead atoms. The van der Waals surface area contributed by atoms with E-state index in [2.05, 4.69) is 74.7 Å². The summed E-state index contributed by atoms with van der Waals surface area (Å²) in [4.78, 5) is 15.2. The van der Waals surface area contributed by atoms with Gasteiger partial charge in [0.2, 0.25) is 0 Å². The maximum Gasteiger partial charge on any atom is 0.253 e. The standard InChI is InChI=1S/C25H27BrN2O/c26-19-11-8-17(9-12-19)24-21-7-5-6-20(21)22-16-18(10-13-23(22)27-24)25(29)28-14-3-1-2-4-15-28/h5-6,8-13,16,20-21,24,27H,1-4,7,14-15H2/t20-,21+,24+/m0/s1. The summed E-state index contributed by atoms with van der Waals surface area (Å²) in [6.07, 6.45) is 10.5. The van der Waals surface area contributed by atoms with Crippen molar-refractivity contribution in [3.63, 3.8) is 0 Å². The summed E-state index contributed by atoms with van der Waals surface area (Å²) in [6.45, 7) is 1.79. The number of carbonyl (C=O) groups is 1. The first-order chi connectivity index (χ1) is 14.2. The molecule has 3 aliphatic rings. The number of likely N-dealkylation sites (tertiary alicyclic amines) is 1. The lowest BCUT2D eigenvalue weighted by Crippen LogP contribution is -2.33. The lowest BCUT2D eigenvalue weighted by molar-refractivity contribution is 0.0761. The van der Waals surface area contributed by atoms with Gasteiger partial charge in [-0.1, -0.05) is 53.1 Å². The minimum absolute atomic E-state index is 0.197. The number of fused-ring (bicyclic) bond motifs is 3. The number of allylic oxidation sites excluding steroid dienone is 2. The van der Waals surface area contributed by atoms with Gasteiger partial charge in [-0.15, -0.1) is 0 Å². The highest BCUT2D eigenvalue weighted by molar-refractivity contribution is 9.10. The zero-order valence-electron chi connectivity index (χ0n) is 16.6. The van der Waals surface area contributed by atoms with Gasteiger partial charge in [0, 0.05) is 34.7 Å². The van der Waals surface area contributed by atoms with Crippen LogP contribution >= 0.6 is 15.9 Å². The van der Waals surface area contributed by atoms with Crippen LogP contribution in [0.1, 0.15) is 65.5 Å². The van der Waals surface area contributed by atoms with Crippen LogP contribution in [0.4, 0.5) is 5.69 Å². The largest absolute Gasteiger partial charge is 0.378 e. The van der Waals surface area contributed by atoms with E-state index in [9.17, 15) is 4.79 Å². The fraction of sp³-hybridized carbons (Fsp3) is 0.400. The molecular formula is C25H27BrN2O. The van der Waals surface area contributed by atoms with Crippen molar-refractivity contribution in [1.29, 1.82) is 0 Å². The van der Waals surface area contributed by atoms with Crippen molar-refractivity contribution in [2.45, 2.75) is 44.1 Å². The Hall–Kier alpha value is -2.07. The van der Waals surface area contributed by atoms with Crippen molar-refractivity contribution in [2.24, 2.45) is 5.92 Å². The third-order valence-electron chi connectivity index (χ3n) is 6.73. The van der Waals surface area contributed by atoms with Crippen LogP contribution < -0.4 is 5.32 Å². The molecule has 1 fully saturated rings. The van der Waals surface area contributed by atoms with Gasteiger partial charge in [-0.3, -0.25) is 4.79 Å². The van der Waals surface area contributed by atoms with Gasteiger partial charge in [-0.05, 0) is 66.6 Å². The lowest BCUT2D eigenvalue weighted by Gasteiger charge is -2.38. The Morgan fingerprint density at radius 2 is 1.76 bits per heavy atom. The molecule has 2 heterocycles. The van der Waals surface area contributed by atoms with Crippen LogP contribution in [-0.4, -0.2) is 23.9 Å². The molecule has 1 amide bonds. The second kappa shape index (κ2) is 7.98. The zero-order valence-corrected chi connectivity index (χ0v) is 18.2. The summed E-state index contributed by atoms with van der Waals surface area (Å²) in [5.74, 6) is 1.06. The molecule has 3 nitrogen and oxygen atoms in total. The highest BCUT2D eigenvalue weighted by atomic mass is 79.9. The summed E-state index contributed by atoms with van der Waals surface area (Å²) in [5, 5.41) is 3.78. The van der Waals surface area contributed by atoms with E-state index < -0.39 is 0 Å². The van der Waals surface area contributed by atoms with Crippen molar-refractivity contribution in [1.82, 2.24) is 4.90 Å². The Morgan fingerprint density at radius 3 is 2.52 bits per heavy atom. The van der Waals surface area contributed by atoms with E-state index in [0.717, 1.165) is 48.1 Å². The van der Waals surface area contributed by atoms with Crippen molar-refractivity contribution in [2.75, 3.05) is 18.4 Å². The monoisotopic (exact) mass is 450 g/mol. The molecule has 1 aliphatic carbocycles. The van der Waals surface area contributed by atoms with Gasteiger partial charge in [0.25, 0.3) is 5.91 Å². The SMILES string of the molecule is O=C(c1ccc2c(c1)[C@H]1C=CC[C@H]1[C@@H](c1ccc(Br)cc1)N2)N1CCCCCC1. The predicted molar refractivity (Wildman–Crippen MR) is 121 cm³/mol. The number of hydrogen-bond donors (Lipinski definition) is 1. The number of hydrogen-bond acceptors (Lipinski definition) is 2. The van der Waals surface area contributed by atoms with Crippen LogP contribution in [0, 0.1) is 5.92 Å². The predicted octanol–water partition coefficient (Wildman–Crippen LogP) is 6.29. The van der Waals surface area contributed by atoms with E-state index in [1.807, 2.05) is 6.07 Å². The van der Waals surface area contributed by atoms with Crippen LogP contribution in [0.2, 0.25) is 0 Å². The molecule has 0 spiro atoms. The maximum atomic E-state index is 13.1. The van der Waals surface area contributed by atoms with Crippen LogP contribution in [-0.2, 0) is 0 Å². The van der Waals surface area contributed by atoms with Crippen molar-refractivity contribution >= 4 is 27.5 Å². The van der Waals surface area contributed by atoms with Crippen LogP contribution in [0.15, 0.2) is 59.1 Å². The average Bonchev–Trinajstić information content (AvgIpc) is 3.09. The molecule has 1 saturated heterocycles. The molecule has 2 aromatic rings. The van der Waals surface area contributed by atoms with E-state index in [4.69, 9.17) is 0 Å². The Labute approximate surface area is 181 Å². The van der Waals surface area contributed by atoms with Gasteiger partial charge in [-0.2, -0.15) is 0 Å². The van der Waals surface area contributed by atoms with Gasteiger partial charge in [0.1, 0.15) is 0 Å². The minimum atomic E-state index is 0.197. The van der Waals surface area contributed by atoms with Gasteiger partial charge >= 0.3 is 0 Å². The van der Waals surface area contributed by atoms with Gasteiger partial charge in [0.15, 0.2) is 0 Å². The Bertz CT molecular complexity index is 928. The summed E-state index contributed by atoms with van der Waals surface area (Å²) < 4.78 is 1.11. The maximum absolute atomic E-state index is 13.1. The molecule has 2 aromatic carbocycles. The van der Waals surface area contributed by atoms with Crippen LogP contribution in [0.25, 0.3) is 0 Å². The van der Waals surface area contributed by atoms with E-state index in [0.29, 0.717) is 17.9 Å². The number of nitrogens with zero attached hydrogens (tertiary/aromatic N) is 1. The van der Waals surface area contributed by atoms with Gasteiger partial charge in [0.05, 0.1) is 6.04 Å². The number of carbonyl (C=O) groups excluding carboxylic acids is 1. The smallest absolute Gasteiger partial charge is 0.253 e. The average molecular weight is 451 g/mol. The second-order valence-corrected chi connectivity index (χ2v) is 9.45. The molecule has 2 aliphatic heterocycles. The molecule has 1 N–H and O–H groups in total. The number of anilines is 1. The molecule has 0 saturated carbocycles. The van der Waals surface area contributed by atoms with E-state index >= 15 is 0 Å². The Kier molecular flexibility index (Phi) is 5.21. The highest BCUT2D eigenvalue weighted by Crippen LogP contribution is 2.50. The first kappa shape index (κ1) is 18.9. The minimum Gasteiger partial charge on any atom is -0.378 e. The molecule has 0 radical (unpaired) electrons. The quantitative estimate of drug-likeness (QED) is 0.544. The zero-order chi connectivity index (χ0) is 19.8. The number of amides is 1. The molecule has 4 heteroatoms. The molecule has 5 rings (SSSR count). The summed E-state index contributed by atoms with van der Waals surface area (Å²) in [6, 6.07) is 15.2. The second-order valence-electron chi connectivity index (χ2n) is 8.54. The van der Waals surface area contributed by atoms with Crippen molar-refractivity contribution in [3.05, 3.63) is 75.8 Å². The molecule has 3 atom stereocenters. The van der Waals surface area contributed by atoms with Gasteiger partial charge < -0.3 is 10.2 Å².